The zero-order valence-corrected chi connectivity index (χ0v) is 17.2. The molecule has 0 atom stereocenters. The quantitative estimate of drug-likeness (QED) is 0.532. The Kier molecular flexibility index (Phi) is 7.76. The van der Waals surface area contributed by atoms with Gasteiger partial charge in [0.15, 0.2) is 0 Å². The third kappa shape index (κ3) is 5.73. The summed E-state index contributed by atoms with van der Waals surface area (Å²) in [6.07, 6.45) is 2.09. The van der Waals surface area contributed by atoms with Crippen molar-refractivity contribution in [1.82, 2.24) is 9.03 Å². The maximum atomic E-state index is 12.8. The van der Waals surface area contributed by atoms with Crippen LogP contribution in [0.2, 0.25) is 0 Å². The predicted molar refractivity (Wildman–Crippen MR) is 101 cm³/mol. The van der Waals surface area contributed by atoms with Crippen LogP contribution in [0, 0.1) is 11.3 Å². The van der Waals surface area contributed by atoms with Crippen molar-refractivity contribution in [3.63, 3.8) is 0 Å². The van der Waals surface area contributed by atoms with Crippen LogP contribution in [0.1, 0.15) is 26.2 Å². The number of piperazine rings is 1. The molecule has 1 aromatic rings. The summed E-state index contributed by atoms with van der Waals surface area (Å²) in [5.41, 5.74) is 0. The number of hydrogen-bond acceptors (Lipinski definition) is 5. The van der Waals surface area contributed by atoms with E-state index in [-0.39, 0.29) is 9.79 Å². The average Bonchev–Trinajstić information content (AvgIpc) is 2.67. The summed E-state index contributed by atoms with van der Waals surface area (Å²) in [6.45, 7) is 5.16. The lowest BCUT2D eigenvalue weighted by Gasteiger charge is -2.31. The van der Waals surface area contributed by atoms with E-state index in [2.05, 4.69) is 10.8 Å². The summed E-state index contributed by atoms with van der Waals surface area (Å²) < 4.78 is 53.9. The molecule has 27 heavy (non-hydrogen) atoms. The highest BCUT2D eigenvalue weighted by Crippen LogP contribution is 2.18. The van der Waals surface area contributed by atoms with Gasteiger partial charge >= 0.3 is 0 Å². The number of unbranched alkanes of at least 4 members (excludes halogenated alkanes) is 1. The van der Waals surface area contributed by atoms with Gasteiger partial charge in [-0.25, -0.2) is 21.6 Å². The van der Waals surface area contributed by atoms with Crippen molar-refractivity contribution in [3.05, 3.63) is 24.3 Å². The van der Waals surface area contributed by atoms with Gasteiger partial charge in [0.1, 0.15) is 0 Å². The lowest BCUT2D eigenvalue weighted by molar-refractivity contribution is -0.903. The first-order chi connectivity index (χ1) is 12.8. The Morgan fingerprint density at radius 2 is 1.70 bits per heavy atom. The van der Waals surface area contributed by atoms with Crippen molar-refractivity contribution in [2.75, 3.05) is 39.3 Å². The molecule has 150 valence electrons. The topological polar surface area (TPSA) is 112 Å². The largest absolute Gasteiger partial charge is 0.332 e. The second-order valence-electron chi connectivity index (χ2n) is 6.53. The minimum absolute atomic E-state index is 0.0586. The molecule has 8 nitrogen and oxygen atoms in total. The maximum Gasteiger partial charge on any atom is 0.243 e. The number of sulfonamides is 2. The molecule has 1 saturated heterocycles. The van der Waals surface area contributed by atoms with Crippen molar-refractivity contribution < 1.29 is 21.7 Å². The van der Waals surface area contributed by atoms with Crippen LogP contribution in [0.5, 0.6) is 0 Å². The number of nitriles is 1. The fraction of sp³-hybridized carbons (Fsp3) is 0.588. The second kappa shape index (κ2) is 9.61. The van der Waals surface area contributed by atoms with Crippen molar-refractivity contribution in [2.24, 2.45) is 0 Å². The van der Waals surface area contributed by atoms with Gasteiger partial charge in [0.25, 0.3) is 0 Å². The van der Waals surface area contributed by atoms with Crippen LogP contribution in [0.25, 0.3) is 0 Å². The van der Waals surface area contributed by atoms with Crippen LogP contribution in [0.4, 0.5) is 0 Å². The lowest BCUT2D eigenvalue weighted by atomic mass is 10.3. The van der Waals surface area contributed by atoms with Gasteiger partial charge in [0.05, 0.1) is 55.0 Å². The number of benzene rings is 1. The number of nitrogens with zero attached hydrogens (tertiary/aromatic N) is 2. The first-order valence-corrected chi connectivity index (χ1v) is 12.0. The molecule has 0 aliphatic carbocycles. The molecular formula is C17H27N4O4S2+. The Bertz CT molecular complexity index is 853. The summed E-state index contributed by atoms with van der Waals surface area (Å²) in [6, 6.07) is 7.46. The monoisotopic (exact) mass is 415 g/mol. The molecule has 0 bridgehead atoms. The van der Waals surface area contributed by atoms with E-state index in [1.807, 2.05) is 6.92 Å². The molecule has 0 spiro atoms. The number of quaternary nitrogens is 1. The van der Waals surface area contributed by atoms with Gasteiger partial charge in [-0.1, -0.05) is 13.3 Å². The van der Waals surface area contributed by atoms with Crippen molar-refractivity contribution >= 4 is 20.0 Å². The Morgan fingerprint density at radius 1 is 1.11 bits per heavy atom. The summed E-state index contributed by atoms with van der Waals surface area (Å²) in [4.78, 5) is 1.38. The molecule has 2 rings (SSSR count). The fourth-order valence-corrected chi connectivity index (χ4v) is 5.45. The van der Waals surface area contributed by atoms with Crippen LogP contribution in [-0.2, 0) is 20.0 Å². The molecule has 0 saturated carbocycles. The zero-order chi connectivity index (χ0) is 19.9. The summed E-state index contributed by atoms with van der Waals surface area (Å²) in [7, 11) is -7.27. The van der Waals surface area contributed by atoms with Gasteiger partial charge in [-0.15, -0.1) is 0 Å². The SMILES string of the molecule is CCCCNS(=O)(=O)c1ccc(S(=O)(=O)N2CC[NH+](CCC#N)CC2)cc1. The van der Waals surface area contributed by atoms with Crippen molar-refractivity contribution in [2.45, 2.75) is 36.0 Å². The molecule has 1 heterocycles. The molecule has 2 N–H and O–H groups in total. The zero-order valence-electron chi connectivity index (χ0n) is 15.5. The van der Waals surface area contributed by atoms with Gasteiger partial charge in [0, 0.05) is 6.54 Å². The van der Waals surface area contributed by atoms with Crippen LogP contribution < -0.4 is 9.62 Å². The van der Waals surface area contributed by atoms with Gasteiger partial charge in [-0.2, -0.15) is 9.57 Å². The fourth-order valence-electron chi connectivity index (χ4n) is 2.93. The summed E-state index contributed by atoms with van der Waals surface area (Å²) in [5, 5.41) is 8.65. The number of nitrogens with one attached hydrogen (secondary N) is 2. The smallest absolute Gasteiger partial charge is 0.243 e. The van der Waals surface area contributed by atoms with E-state index in [1.54, 1.807) is 0 Å². The van der Waals surface area contributed by atoms with E-state index in [9.17, 15) is 16.8 Å². The highest BCUT2D eigenvalue weighted by molar-refractivity contribution is 7.89. The molecular weight excluding hydrogens is 388 g/mol. The Balaban J connectivity index is 2.04. The second-order valence-corrected chi connectivity index (χ2v) is 10.2. The van der Waals surface area contributed by atoms with Crippen LogP contribution in [0.3, 0.4) is 0 Å². The molecule has 0 amide bonds. The highest BCUT2D eigenvalue weighted by atomic mass is 32.2. The molecule has 1 aliphatic rings. The van der Waals surface area contributed by atoms with E-state index in [1.165, 1.54) is 33.5 Å². The minimum atomic E-state index is -3.65. The normalized spacial score (nSPS) is 16.9. The van der Waals surface area contributed by atoms with E-state index < -0.39 is 20.0 Å². The van der Waals surface area contributed by atoms with E-state index >= 15 is 0 Å². The molecule has 0 unspecified atom stereocenters. The third-order valence-electron chi connectivity index (χ3n) is 4.61. The van der Waals surface area contributed by atoms with E-state index in [0.717, 1.165) is 19.4 Å². The highest BCUT2D eigenvalue weighted by Gasteiger charge is 2.30. The molecule has 10 heteroatoms. The van der Waals surface area contributed by atoms with Crippen molar-refractivity contribution in [1.29, 1.82) is 5.26 Å². The number of rotatable bonds is 9. The third-order valence-corrected chi connectivity index (χ3v) is 8.00. The molecule has 0 aromatic heterocycles. The van der Waals surface area contributed by atoms with E-state index in [0.29, 0.717) is 39.1 Å². The first kappa shape index (κ1) is 21.8. The number of hydrogen-bond donors (Lipinski definition) is 2. The minimum Gasteiger partial charge on any atom is -0.332 e. The van der Waals surface area contributed by atoms with Crippen molar-refractivity contribution in [3.8, 4) is 6.07 Å². The van der Waals surface area contributed by atoms with Crippen LogP contribution in [0.15, 0.2) is 34.1 Å². The molecule has 1 aromatic carbocycles. The summed E-state index contributed by atoms with van der Waals surface area (Å²) >= 11 is 0. The lowest BCUT2D eigenvalue weighted by Crippen LogP contribution is -3.14. The summed E-state index contributed by atoms with van der Waals surface area (Å²) in [5.74, 6) is 0. The Hall–Kier alpha value is -1.51. The van der Waals surface area contributed by atoms with E-state index in [4.69, 9.17) is 5.26 Å². The predicted octanol–water partition coefficient (Wildman–Crippen LogP) is -0.432. The molecule has 1 fully saturated rings. The van der Waals surface area contributed by atoms with Gasteiger partial charge in [0.2, 0.25) is 20.0 Å². The Morgan fingerprint density at radius 3 is 2.26 bits per heavy atom. The maximum absolute atomic E-state index is 12.8. The molecule has 1 aliphatic heterocycles. The van der Waals surface area contributed by atoms with Gasteiger partial charge in [-0.05, 0) is 30.7 Å². The Labute approximate surface area is 161 Å². The van der Waals surface area contributed by atoms with Crippen LogP contribution in [-0.4, -0.2) is 60.4 Å². The molecule has 0 radical (unpaired) electrons. The van der Waals surface area contributed by atoms with Gasteiger partial charge in [-0.3, -0.25) is 0 Å². The van der Waals surface area contributed by atoms with Crippen LogP contribution >= 0.6 is 0 Å². The first-order valence-electron chi connectivity index (χ1n) is 9.11. The van der Waals surface area contributed by atoms with Gasteiger partial charge < -0.3 is 4.90 Å². The standard InChI is InChI=1S/C17H26N4O4S2/c1-2-3-10-19-26(22,23)16-5-7-17(8-6-16)27(24,25)21-14-12-20(13-15-21)11-4-9-18/h5-8,19H,2-4,10-15H2,1H3/p+1. The average molecular weight is 416 g/mol.